The van der Waals surface area contributed by atoms with Crippen LogP contribution in [0.4, 0.5) is 8.78 Å². The Labute approximate surface area is 178 Å². The fraction of sp³-hybridized carbons (Fsp3) is 0.524. The molecule has 1 N–H and O–H groups in total. The molecular weight excluding hydrogens is 408 g/mol. The van der Waals surface area contributed by atoms with Crippen LogP contribution in [0, 0.1) is 17.6 Å². The van der Waals surface area contributed by atoms with Gasteiger partial charge in [0, 0.05) is 31.2 Å². The van der Waals surface area contributed by atoms with E-state index in [0.29, 0.717) is 19.0 Å². The molecule has 2 atom stereocenters. The quantitative estimate of drug-likeness (QED) is 0.727. The average molecular weight is 433 g/mol. The molecule has 2 aliphatic rings. The van der Waals surface area contributed by atoms with E-state index in [1.165, 1.54) is 32.2 Å². The zero-order valence-electron chi connectivity index (χ0n) is 17.3. The van der Waals surface area contributed by atoms with Gasteiger partial charge in [0.2, 0.25) is 0 Å². The van der Waals surface area contributed by atoms with Crippen LogP contribution in [-0.2, 0) is 9.53 Å². The summed E-state index contributed by atoms with van der Waals surface area (Å²) < 4.78 is 33.2. The molecule has 1 aliphatic heterocycles. The first-order valence-corrected chi connectivity index (χ1v) is 10.5. The van der Waals surface area contributed by atoms with Crippen molar-refractivity contribution in [2.45, 2.75) is 44.2 Å². The highest BCUT2D eigenvalue weighted by molar-refractivity contribution is 5.92. The van der Waals surface area contributed by atoms with E-state index >= 15 is 0 Å². The Kier molecular flexibility index (Phi) is 6.26. The smallest absolute Gasteiger partial charge is 0.312 e. The summed E-state index contributed by atoms with van der Waals surface area (Å²) in [5.41, 5.74) is -0.0455. The third-order valence-electron chi connectivity index (χ3n) is 6.19. The summed E-state index contributed by atoms with van der Waals surface area (Å²) in [4.78, 5) is 27.5. The summed E-state index contributed by atoms with van der Waals surface area (Å²) in [6.07, 6.45) is 6.56. The van der Waals surface area contributed by atoms with Crippen LogP contribution in [0.2, 0.25) is 0 Å². The first kappa shape index (κ1) is 21.4. The molecule has 0 unspecified atom stereocenters. The molecule has 8 nitrogen and oxygen atoms in total. The first-order valence-electron chi connectivity index (χ1n) is 10.5. The van der Waals surface area contributed by atoms with Gasteiger partial charge in [-0.3, -0.25) is 14.5 Å². The lowest BCUT2D eigenvalue weighted by molar-refractivity contribution is -0.148. The molecule has 166 valence electrons. The first-order chi connectivity index (χ1) is 15.0. The third kappa shape index (κ3) is 4.58. The topological polar surface area (TPSA) is 89.4 Å². The molecule has 10 heteroatoms. The molecule has 1 amide bonds. The van der Waals surface area contributed by atoms with Crippen LogP contribution < -0.4 is 5.32 Å². The number of nitrogens with one attached hydrogen (secondary N) is 1. The number of benzene rings is 1. The zero-order chi connectivity index (χ0) is 22.0. The van der Waals surface area contributed by atoms with Gasteiger partial charge in [0.05, 0.1) is 19.2 Å². The van der Waals surface area contributed by atoms with Crippen molar-refractivity contribution in [2.75, 3.05) is 20.2 Å². The van der Waals surface area contributed by atoms with Crippen molar-refractivity contribution in [3.63, 3.8) is 0 Å². The van der Waals surface area contributed by atoms with Crippen molar-refractivity contribution in [1.82, 2.24) is 25.2 Å². The maximum atomic E-state index is 14.0. The SMILES string of the molecule is COC(=O)[C@@H]1CN(C2CCCC2)CC[C@H]1NC(=O)c1cn(-c2ccc(F)cc2F)nn1. The van der Waals surface area contributed by atoms with E-state index in [1.807, 2.05) is 0 Å². The molecule has 1 saturated heterocycles. The molecule has 0 spiro atoms. The number of nitrogens with zero attached hydrogens (tertiary/aromatic N) is 4. The normalized spacial score (nSPS) is 22.4. The van der Waals surface area contributed by atoms with Gasteiger partial charge in [-0.05, 0) is 31.4 Å². The highest BCUT2D eigenvalue weighted by Crippen LogP contribution is 2.28. The molecule has 2 fully saturated rings. The minimum atomic E-state index is -0.818. The summed E-state index contributed by atoms with van der Waals surface area (Å²) in [5, 5.41) is 10.4. The number of ether oxygens (including phenoxy) is 1. The highest BCUT2D eigenvalue weighted by atomic mass is 19.1. The Morgan fingerprint density at radius 3 is 2.68 bits per heavy atom. The van der Waals surface area contributed by atoms with E-state index < -0.39 is 29.5 Å². The van der Waals surface area contributed by atoms with E-state index in [2.05, 4.69) is 20.5 Å². The van der Waals surface area contributed by atoms with Gasteiger partial charge in [-0.1, -0.05) is 18.1 Å². The highest BCUT2D eigenvalue weighted by Gasteiger charge is 2.39. The Balaban J connectivity index is 1.45. The van der Waals surface area contributed by atoms with Crippen molar-refractivity contribution >= 4 is 11.9 Å². The molecule has 1 aliphatic carbocycles. The van der Waals surface area contributed by atoms with Crippen LogP contribution in [0.3, 0.4) is 0 Å². The van der Waals surface area contributed by atoms with E-state index in [0.717, 1.165) is 36.2 Å². The van der Waals surface area contributed by atoms with Crippen LogP contribution in [0.5, 0.6) is 0 Å². The lowest BCUT2D eigenvalue weighted by atomic mass is 9.90. The van der Waals surface area contributed by atoms with Crippen molar-refractivity contribution in [3.05, 3.63) is 41.7 Å². The molecule has 1 saturated carbocycles. The molecule has 1 aromatic carbocycles. The average Bonchev–Trinajstić information content (AvgIpc) is 3.46. The van der Waals surface area contributed by atoms with Crippen LogP contribution in [-0.4, -0.2) is 64.1 Å². The molecule has 31 heavy (non-hydrogen) atoms. The van der Waals surface area contributed by atoms with E-state index in [9.17, 15) is 18.4 Å². The van der Waals surface area contributed by atoms with Crippen LogP contribution in [0.15, 0.2) is 24.4 Å². The van der Waals surface area contributed by atoms with Crippen molar-refractivity contribution in [2.24, 2.45) is 5.92 Å². The predicted molar refractivity (Wildman–Crippen MR) is 106 cm³/mol. The Bertz CT molecular complexity index is 960. The van der Waals surface area contributed by atoms with E-state index in [-0.39, 0.29) is 17.4 Å². The number of halogens is 2. The van der Waals surface area contributed by atoms with Gasteiger partial charge in [-0.2, -0.15) is 0 Å². The lowest BCUT2D eigenvalue weighted by Gasteiger charge is -2.40. The number of aromatic nitrogens is 3. The summed E-state index contributed by atoms with van der Waals surface area (Å²) in [6.45, 7) is 1.33. The van der Waals surface area contributed by atoms with Crippen LogP contribution >= 0.6 is 0 Å². The molecule has 0 radical (unpaired) electrons. The predicted octanol–water partition coefficient (Wildman–Crippen LogP) is 2.08. The molecule has 2 heterocycles. The minimum absolute atomic E-state index is 0.0226. The Hall–Kier alpha value is -2.88. The lowest BCUT2D eigenvalue weighted by Crippen LogP contribution is -2.55. The molecule has 1 aromatic heterocycles. The van der Waals surface area contributed by atoms with Gasteiger partial charge in [-0.25, -0.2) is 13.5 Å². The van der Waals surface area contributed by atoms with Gasteiger partial charge >= 0.3 is 5.97 Å². The second-order valence-electron chi connectivity index (χ2n) is 8.08. The Morgan fingerprint density at radius 1 is 1.19 bits per heavy atom. The molecule has 0 bridgehead atoms. The monoisotopic (exact) mass is 433 g/mol. The fourth-order valence-electron chi connectivity index (χ4n) is 4.54. The van der Waals surface area contributed by atoms with E-state index in [4.69, 9.17) is 4.74 Å². The molecule has 2 aromatic rings. The summed E-state index contributed by atoms with van der Waals surface area (Å²) in [6, 6.07) is 3.13. The number of methoxy groups -OCH3 is 1. The van der Waals surface area contributed by atoms with Gasteiger partial charge < -0.3 is 10.1 Å². The summed E-state index contributed by atoms with van der Waals surface area (Å²) in [5.74, 6) is -2.88. The number of likely N-dealkylation sites (tertiary alicyclic amines) is 1. The van der Waals surface area contributed by atoms with Crippen molar-refractivity contribution in [3.8, 4) is 5.69 Å². The number of amides is 1. The second-order valence-corrected chi connectivity index (χ2v) is 8.08. The second kappa shape index (κ2) is 9.09. The number of hydrogen-bond donors (Lipinski definition) is 1. The molecular formula is C21H25F2N5O3. The number of piperidine rings is 1. The van der Waals surface area contributed by atoms with Crippen LogP contribution in [0.25, 0.3) is 5.69 Å². The largest absolute Gasteiger partial charge is 0.469 e. The molecule has 4 rings (SSSR count). The maximum Gasteiger partial charge on any atom is 0.312 e. The van der Waals surface area contributed by atoms with Crippen molar-refractivity contribution in [1.29, 1.82) is 0 Å². The minimum Gasteiger partial charge on any atom is -0.469 e. The van der Waals surface area contributed by atoms with Gasteiger partial charge in [-0.15, -0.1) is 5.10 Å². The third-order valence-corrected chi connectivity index (χ3v) is 6.19. The van der Waals surface area contributed by atoms with Gasteiger partial charge in [0.1, 0.15) is 11.5 Å². The van der Waals surface area contributed by atoms with Gasteiger partial charge in [0.25, 0.3) is 5.91 Å². The number of carbonyl (C=O) groups is 2. The van der Waals surface area contributed by atoms with Crippen molar-refractivity contribution < 1.29 is 23.1 Å². The summed E-state index contributed by atoms with van der Waals surface area (Å²) >= 11 is 0. The summed E-state index contributed by atoms with van der Waals surface area (Å²) in [7, 11) is 1.35. The maximum absolute atomic E-state index is 14.0. The standard InChI is InChI=1S/C21H25F2N5O3/c1-31-21(30)15-11-27(14-4-2-3-5-14)9-8-17(15)24-20(29)18-12-28(26-25-18)19-7-6-13(22)10-16(19)23/h6-7,10,12,14-15,17H,2-5,8-9,11H2,1H3,(H,24,29)/t15-,17-/m1/s1. The number of rotatable bonds is 5. The number of esters is 1. The van der Waals surface area contributed by atoms with Gasteiger partial charge in [0.15, 0.2) is 11.5 Å². The number of carbonyl (C=O) groups excluding carboxylic acids is 2. The Morgan fingerprint density at radius 2 is 1.97 bits per heavy atom. The zero-order valence-corrected chi connectivity index (χ0v) is 17.3. The number of hydrogen-bond acceptors (Lipinski definition) is 6. The van der Waals surface area contributed by atoms with E-state index in [1.54, 1.807) is 0 Å². The van der Waals surface area contributed by atoms with Crippen LogP contribution in [0.1, 0.15) is 42.6 Å². The fourth-order valence-corrected chi connectivity index (χ4v) is 4.54.